The molecule has 0 saturated heterocycles. The second-order valence-electron chi connectivity index (χ2n) is 5.94. The first-order valence-corrected chi connectivity index (χ1v) is 6.82. The Kier molecular flexibility index (Phi) is 4.27. The lowest BCUT2D eigenvalue weighted by atomic mass is 10.1. The first kappa shape index (κ1) is 14.1. The Morgan fingerprint density at radius 2 is 1.95 bits per heavy atom. The van der Waals surface area contributed by atoms with E-state index in [0.29, 0.717) is 0 Å². The summed E-state index contributed by atoms with van der Waals surface area (Å²) in [6.07, 6.45) is 0. The van der Waals surface area contributed by atoms with Crippen LogP contribution < -0.4 is 5.32 Å². The molecule has 2 aromatic rings. The normalized spacial score (nSPS) is 12.2. The summed E-state index contributed by atoms with van der Waals surface area (Å²) < 4.78 is 7.57. The van der Waals surface area contributed by atoms with E-state index in [9.17, 15) is 0 Å². The van der Waals surface area contributed by atoms with Crippen molar-refractivity contribution >= 4 is 10.9 Å². The van der Waals surface area contributed by atoms with Crippen LogP contribution >= 0.6 is 0 Å². The Hall–Kier alpha value is -1.32. The van der Waals surface area contributed by atoms with Crippen molar-refractivity contribution in [1.29, 1.82) is 0 Å². The number of nitrogens with zero attached hydrogens (tertiary/aromatic N) is 1. The zero-order chi connectivity index (χ0) is 13.9. The van der Waals surface area contributed by atoms with Gasteiger partial charge in [0.05, 0.1) is 6.61 Å². The number of aromatic nitrogens is 1. The SMILES string of the molecule is COCCn1c(CNC(C)(C)C)cc2ccccc21. The zero-order valence-electron chi connectivity index (χ0n) is 12.4. The van der Waals surface area contributed by atoms with E-state index in [1.807, 2.05) is 0 Å². The highest BCUT2D eigenvalue weighted by Crippen LogP contribution is 2.20. The monoisotopic (exact) mass is 260 g/mol. The molecular formula is C16H24N2O. The standard InChI is InChI=1S/C16H24N2O/c1-16(2,3)17-12-14-11-13-7-5-6-8-15(13)18(14)9-10-19-4/h5-8,11,17H,9-10,12H2,1-4H3. The minimum absolute atomic E-state index is 0.128. The van der Waals surface area contributed by atoms with Crippen molar-refractivity contribution in [1.82, 2.24) is 9.88 Å². The minimum atomic E-state index is 0.128. The Labute approximate surface area is 115 Å². The van der Waals surface area contributed by atoms with Gasteiger partial charge < -0.3 is 14.6 Å². The molecule has 1 aromatic heterocycles. The molecule has 0 amide bonds. The number of benzene rings is 1. The molecule has 1 heterocycles. The van der Waals surface area contributed by atoms with E-state index in [4.69, 9.17) is 4.74 Å². The molecule has 0 spiro atoms. The van der Waals surface area contributed by atoms with Crippen LogP contribution in [0.5, 0.6) is 0 Å². The maximum absolute atomic E-state index is 5.22. The number of fused-ring (bicyclic) bond motifs is 1. The zero-order valence-corrected chi connectivity index (χ0v) is 12.4. The van der Waals surface area contributed by atoms with Gasteiger partial charge in [-0.3, -0.25) is 0 Å². The van der Waals surface area contributed by atoms with Crippen LogP contribution in [0.25, 0.3) is 10.9 Å². The van der Waals surface area contributed by atoms with Crippen LogP contribution in [0, 0.1) is 0 Å². The molecule has 3 heteroatoms. The summed E-state index contributed by atoms with van der Waals surface area (Å²) in [6.45, 7) is 9.08. The minimum Gasteiger partial charge on any atom is -0.383 e. The fourth-order valence-corrected chi connectivity index (χ4v) is 2.22. The van der Waals surface area contributed by atoms with Gasteiger partial charge in [0.25, 0.3) is 0 Å². The largest absolute Gasteiger partial charge is 0.383 e. The second kappa shape index (κ2) is 5.76. The maximum atomic E-state index is 5.22. The highest BCUT2D eigenvalue weighted by atomic mass is 16.5. The summed E-state index contributed by atoms with van der Waals surface area (Å²) in [5.74, 6) is 0. The Morgan fingerprint density at radius 3 is 2.63 bits per heavy atom. The third-order valence-corrected chi connectivity index (χ3v) is 3.22. The van der Waals surface area contributed by atoms with Gasteiger partial charge in [0.1, 0.15) is 0 Å². The van der Waals surface area contributed by atoms with Crippen molar-refractivity contribution in [2.24, 2.45) is 0 Å². The van der Waals surface area contributed by atoms with Gasteiger partial charge in [-0.1, -0.05) is 18.2 Å². The molecule has 1 N–H and O–H groups in total. The van der Waals surface area contributed by atoms with E-state index < -0.39 is 0 Å². The average Bonchev–Trinajstić information content (AvgIpc) is 2.71. The molecule has 0 aliphatic rings. The van der Waals surface area contributed by atoms with Gasteiger partial charge in [-0.05, 0) is 38.3 Å². The van der Waals surface area contributed by atoms with Gasteiger partial charge in [-0.2, -0.15) is 0 Å². The van der Waals surface area contributed by atoms with Crippen molar-refractivity contribution in [3.63, 3.8) is 0 Å². The van der Waals surface area contributed by atoms with Crippen molar-refractivity contribution in [3.8, 4) is 0 Å². The van der Waals surface area contributed by atoms with Crippen molar-refractivity contribution in [2.75, 3.05) is 13.7 Å². The number of ether oxygens (including phenoxy) is 1. The third-order valence-electron chi connectivity index (χ3n) is 3.22. The summed E-state index contributed by atoms with van der Waals surface area (Å²) in [5.41, 5.74) is 2.72. The maximum Gasteiger partial charge on any atom is 0.0642 e. The first-order chi connectivity index (χ1) is 9.01. The molecule has 2 rings (SSSR count). The highest BCUT2D eigenvalue weighted by Gasteiger charge is 2.12. The molecule has 0 saturated carbocycles. The quantitative estimate of drug-likeness (QED) is 0.893. The van der Waals surface area contributed by atoms with Crippen molar-refractivity contribution < 1.29 is 4.74 Å². The third kappa shape index (κ3) is 3.58. The van der Waals surface area contributed by atoms with Crippen LogP contribution in [0.4, 0.5) is 0 Å². The molecule has 1 aromatic carbocycles. The molecule has 3 nitrogen and oxygen atoms in total. The topological polar surface area (TPSA) is 26.2 Å². The Balaban J connectivity index is 2.30. The molecule has 0 unspecified atom stereocenters. The summed E-state index contributed by atoms with van der Waals surface area (Å²) in [4.78, 5) is 0. The molecule has 0 aliphatic carbocycles. The fourth-order valence-electron chi connectivity index (χ4n) is 2.22. The van der Waals surface area contributed by atoms with E-state index in [0.717, 1.165) is 19.7 Å². The molecule has 0 bridgehead atoms. The lowest BCUT2D eigenvalue weighted by molar-refractivity contribution is 0.187. The molecule has 0 fully saturated rings. The molecular weight excluding hydrogens is 236 g/mol. The van der Waals surface area contributed by atoms with E-state index in [1.165, 1.54) is 16.6 Å². The Morgan fingerprint density at radius 1 is 1.21 bits per heavy atom. The van der Waals surface area contributed by atoms with Gasteiger partial charge in [0.15, 0.2) is 0 Å². The van der Waals surface area contributed by atoms with Gasteiger partial charge >= 0.3 is 0 Å². The first-order valence-electron chi connectivity index (χ1n) is 6.82. The number of methoxy groups -OCH3 is 1. The summed E-state index contributed by atoms with van der Waals surface area (Å²) in [5, 5.41) is 4.85. The summed E-state index contributed by atoms with van der Waals surface area (Å²) >= 11 is 0. The van der Waals surface area contributed by atoms with Crippen LogP contribution in [0.15, 0.2) is 30.3 Å². The van der Waals surface area contributed by atoms with Crippen LogP contribution in [0.1, 0.15) is 26.5 Å². The second-order valence-corrected chi connectivity index (χ2v) is 5.94. The summed E-state index contributed by atoms with van der Waals surface area (Å²) in [7, 11) is 1.75. The smallest absolute Gasteiger partial charge is 0.0642 e. The van der Waals surface area contributed by atoms with Gasteiger partial charge in [-0.25, -0.2) is 0 Å². The van der Waals surface area contributed by atoms with Gasteiger partial charge in [0.2, 0.25) is 0 Å². The van der Waals surface area contributed by atoms with E-state index in [-0.39, 0.29) is 5.54 Å². The molecule has 0 atom stereocenters. The number of hydrogen-bond acceptors (Lipinski definition) is 2. The summed E-state index contributed by atoms with van der Waals surface area (Å²) in [6, 6.07) is 10.8. The molecule has 19 heavy (non-hydrogen) atoms. The molecule has 0 radical (unpaired) electrons. The van der Waals surface area contributed by atoms with Crippen LogP contribution in [-0.4, -0.2) is 23.8 Å². The van der Waals surface area contributed by atoms with Crippen molar-refractivity contribution in [3.05, 3.63) is 36.0 Å². The number of para-hydroxylation sites is 1. The number of nitrogens with one attached hydrogen (secondary N) is 1. The average molecular weight is 260 g/mol. The predicted molar refractivity (Wildman–Crippen MR) is 80.4 cm³/mol. The van der Waals surface area contributed by atoms with Crippen LogP contribution in [-0.2, 0) is 17.8 Å². The highest BCUT2D eigenvalue weighted by molar-refractivity contribution is 5.81. The van der Waals surface area contributed by atoms with Crippen LogP contribution in [0.3, 0.4) is 0 Å². The molecule has 0 aliphatic heterocycles. The molecule has 104 valence electrons. The van der Waals surface area contributed by atoms with E-state index in [1.54, 1.807) is 7.11 Å². The van der Waals surface area contributed by atoms with Crippen LogP contribution in [0.2, 0.25) is 0 Å². The van der Waals surface area contributed by atoms with Crippen molar-refractivity contribution in [2.45, 2.75) is 39.4 Å². The van der Waals surface area contributed by atoms with E-state index >= 15 is 0 Å². The predicted octanol–water partition coefficient (Wildman–Crippen LogP) is 3.18. The lowest BCUT2D eigenvalue weighted by Crippen LogP contribution is -2.35. The van der Waals surface area contributed by atoms with E-state index in [2.05, 4.69) is 61.0 Å². The Bertz CT molecular complexity index is 537. The number of rotatable bonds is 5. The number of hydrogen-bond donors (Lipinski definition) is 1. The lowest BCUT2D eigenvalue weighted by Gasteiger charge is -2.21. The van der Waals surface area contributed by atoms with Gasteiger partial charge in [0, 0.05) is 36.9 Å². The fraction of sp³-hybridized carbons (Fsp3) is 0.500. The van der Waals surface area contributed by atoms with Gasteiger partial charge in [-0.15, -0.1) is 0 Å².